The minimum Gasteiger partial charge on any atom is -0.457 e. The molecule has 0 radical (unpaired) electrons. The first kappa shape index (κ1) is 31.5. The van der Waals surface area contributed by atoms with Gasteiger partial charge in [-0.2, -0.15) is 10.4 Å². The van der Waals surface area contributed by atoms with Crippen LogP contribution < -0.4 is 15.8 Å². The Labute approximate surface area is 271 Å². The van der Waals surface area contributed by atoms with E-state index >= 15 is 4.39 Å². The number of anilines is 1. The fraction of sp³-hybridized carbons (Fsp3) is 0.353. The van der Waals surface area contributed by atoms with E-state index in [0.717, 1.165) is 6.42 Å². The lowest BCUT2D eigenvalue weighted by Crippen LogP contribution is -2.42. The standard InChI is InChI=1S/C34H35FN8O4/c1-33(2,3)47-32(45)40-34(13-14-34)17-21(18-36)31(44)42-15-7-8-22(42)19-43-30-27(29(37)38-20-39-30)28(41-43)25-12-11-24(16-26(25)35)46-23-9-5-4-6-10-23/h4-6,9-12,16-17,20,22H,7-8,13-15,19H2,1-3H3,(H,40,45)(H2,37,38,39)/b21-17+/t22-/m1/s1. The summed E-state index contributed by atoms with van der Waals surface area (Å²) in [6.45, 7) is 5.96. The fourth-order valence-corrected chi connectivity index (χ4v) is 5.73. The van der Waals surface area contributed by atoms with Crippen molar-refractivity contribution in [2.45, 2.75) is 70.2 Å². The zero-order chi connectivity index (χ0) is 33.3. The van der Waals surface area contributed by atoms with Gasteiger partial charge < -0.3 is 25.4 Å². The number of nitrogens with one attached hydrogen (secondary N) is 1. The van der Waals surface area contributed by atoms with Crippen molar-refractivity contribution >= 4 is 28.9 Å². The molecule has 13 heteroatoms. The molecule has 2 aromatic carbocycles. The number of halogens is 1. The van der Waals surface area contributed by atoms with Gasteiger partial charge in [0, 0.05) is 18.2 Å². The summed E-state index contributed by atoms with van der Waals surface area (Å²) in [6.07, 6.45) is 4.80. The summed E-state index contributed by atoms with van der Waals surface area (Å²) in [7, 11) is 0. The number of nitrogens with two attached hydrogens (primary N) is 1. The maximum absolute atomic E-state index is 15.6. The second kappa shape index (κ2) is 12.4. The van der Waals surface area contributed by atoms with Gasteiger partial charge in [-0.1, -0.05) is 18.2 Å². The van der Waals surface area contributed by atoms with Crippen LogP contribution in [0.3, 0.4) is 0 Å². The van der Waals surface area contributed by atoms with Crippen LogP contribution in [-0.4, -0.2) is 60.4 Å². The first-order valence-corrected chi connectivity index (χ1v) is 15.4. The lowest BCUT2D eigenvalue weighted by molar-refractivity contribution is -0.127. The number of aromatic nitrogens is 4. The van der Waals surface area contributed by atoms with Gasteiger partial charge in [-0.05, 0) is 76.8 Å². The number of alkyl carbamates (subject to hydrolysis) is 1. The quantitative estimate of drug-likeness (QED) is 0.187. The van der Waals surface area contributed by atoms with Crippen LogP contribution >= 0.6 is 0 Å². The number of fused-ring (bicyclic) bond motifs is 1. The largest absolute Gasteiger partial charge is 0.457 e. The van der Waals surface area contributed by atoms with E-state index in [1.54, 1.807) is 54.6 Å². The third kappa shape index (κ3) is 6.86. The zero-order valence-electron chi connectivity index (χ0n) is 26.4. The molecule has 1 aliphatic carbocycles. The highest BCUT2D eigenvalue weighted by Crippen LogP contribution is 2.39. The zero-order valence-corrected chi connectivity index (χ0v) is 26.4. The van der Waals surface area contributed by atoms with E-state index in [-0.39, 0.29) is 35.2 Å². The van der Waals surface area contributed by atoms with Crippen LogP contribution in [0.4, 0.5) is 15.0 Å². The number of nitriles is 1. The van der Waals surface area contributed by atoms with E-state index in [1.807, 2.05) is 24.3 Å². The molecule has 3 N–H and O–H groups in total. The normalized spacial score (nSPS) is 17.3. The Morgan fingerprint density at radius 1 is 1.17 bits per heavy atom. The number of ether oxygens (including phenoxy) is 2. The molecule has 2 aromatic heterocycles. The Kier molecular flexibility index (Phi) is 8.27. The molecule has 2 aliphatic rings. The molecule has 6 rings (SSSR count). The molecule has 1 saturated heterocycles. The van der Waals surface area contributed by atoms with Gasteiger partial charge in [0.15, 0.2) is 5.65 Å². The highest BCUT2D eigenvalue weighted by molar-refractivity contribution is 5.99. The van der Waals surface area contributed by atoms with Gasteiger partial charge in [0.1, 0.15) is 52.4 Å². The molecule has 3 heterocycles. The third-order valence-electron chi connectivity index (χ3n) is 8.06. The van der Waals surface area contributed by atoms with Gasteiger partial charge in [0.2, 0.25) is 0 Å². The topological polar surface area (TPSA) is 161 Å². The van der Waals surface area contributed by atoms with E-state index in [1.165, 1.54) is 18.5 Å². The molecular formula is C34H35FN8O4. The average molecular weight is 639 g/mol. The van der Waals surface area contributed by atoms with Crippen LogP contribution in [0.2, 0.25) is 0 Å². The maximum atomic E-state index is 15.6. The summed E-state index contributed by atoms with van der Waals surface area (Å²) in [4.78, 5) is 36.3. The van der Waals surface area contributed by atoms with Gasteiger partial charge in [-0.25, -0.2) is 23.8 Å². The number of rotatable bonds is 8. The molecule has 2 amide bonds. The Hall–Kier alpha value is -5.51. The lowest BCUT2D eigenvalue weighted by Gasteiger charge is -2.25. The van der Waals surface area contributed by atoms with E-state index < -0.39 is 29.0 Å². The Balaban J connectivity index is 1.25. The van der Waals surface area contributed by atoms with Crippen LogP contribution in [-0.2, 0) is 16.1 Å². The van der Waals surface area contributed by atoms with E-state index in [9.17, 15) is 14.9 Å². The van der Waals surface area contributed by atoms with Crippen molar-refractivity contribution in [1.82, 2.24) is 30.0 Å². The third-order valence-corrected chi connectivity index (χ3v) is 8.06. The number of hydrogen-bond acceptors (Lipinski definition) is 9. The van der Waals surface area contributed by atoms with Crippen molar-refractivity contribution in [3.63, 3.8) is 0 Å². The van der Waals surface area contributed by atoms with Crippen molar-refractivity contribution in [2.75, 3.05) is 12.3 Å². The van der Waals surface area contributed by atoms with Crippen molar-refractivity contribution in [2.24, 2.45) is 0 Å². The molecule has 1 aliphatic heterocycles. The first-order chi connectivity index (χ1) is 22.4. The second-order valence-electron chi connectivity index (χ2n) is 12.8. The predicted molar refractivity (Wildman–Crippen MR) is 171 cm³/mol. The Bertz CT molecular complexity index is 1910. The molecule has 4 aromatic rings. The number of amides is 2. The molecule has 0 bridgehead atoms. The molecule has 242 valence electrons. The number of benzene rings is 2. The van der Waals surface area contributed by atoms with Crippen molar-refractivity contribution in [3.8, 4) is 28.8 Å². The molecule has 1 saturated carbocycles. The van der Waals surface area contributed by atoms with Gasteiger partial charge >= 0.3 is 6.09 Å². The number of likely N-dealkylation sites (tertiary alicyclic amines) is 1. The van der Waals surface area contributed by atoms with Gasteiger partial charge in [-0.3, -0.25) is 4.79 Å². The van der Waals surface area contributed by atoms with Crippen molar-refractivity contribution in [3.05, 3.63) is 72.3 Å². The number of carbonyl (C=O) groups excluding carboxylic acids is 2. The smallest absolute Gasteiger partial charge is 0.408 e. The monoisotopic (exact) mass is 638 g/mol. The Morgan fingerprint density at radius 2 is 1.94 bits per heavy atom. The highest BCUT2D eigenvalue weighted by atomic mass is 19.1. The average Bonchev–Trinajstić information content (AvgIpc) is 3.43. The van der Waals surface area contributed by atoms with Gasteiger partial charge in [0.25, 0.3) is 5.91 Å². The van der Waals surface area contributed by atoms with E-state index in [4.69, 9.17) is 20.3 Å². The summed E-state index contributed by atoms with van der Waals surface area (Å²) in [5, 5.41) is 17.9. The number of nitrogen functional groups attached to an aromatic ring is 1. The molecule has 0 unspecified atom stereocenters. The summed E-state index contributed by atoms with van der Waals surface area (Å²) >= 11 is 0. The number of hydrogen-bond donors (Lipinski definition) is 2. The SMILES string of the molecule is CC(C)(C)OC(=O)NC1(/C=C(\C#N)C(=O)N2CCC[C@@H]2Cn2nc(-c3ccc(Oc4ccccc4)cc3F)c3c(N)ncnc32)CC1. The summed E-state index contributed by atoms with van der Waals surface area (Å²) in [6, 6.07) is 15.3. The van der Waals surface area contributed by atoms with E-state index in [2.05, 4.69) is 15.3 Å². The van der Waals surface area contributed by atoms with Crippen LogP contribution in [0.5, 0.6) is 11.5 Å². The van der Waals surface area contributed by atoms with Gasteiger partial charge in [0.05, 0.1) is 23.5 Å². The highest BCUT2D eigenvalue weighted by Gasteiger charge is 2.45. The summed E-state index contributed by atoms with van der Waals surface area (Å²) < 4.78 is 28.3. The van der Waals surface area contributed by atoms with Crippen LogP contribution in [0.25, 0.3) is 22.3 Å². The van der Waals surface area contributed by atoms with Crippen LogP contribution in [0.15, 0.2) is 66.5 Å². The molecule has 0 spiro atoms. The predicted octanol–water partition coefficient (Wildman–Crippen LogP) is 5.51. The molecule has 2 fully saturated rings. The molecule has 12 nitrogen and oxygen atoms in total. The number of carbonyl (C=O) groups is 2. The fourth-order valence-electron chi connectivity index (χ4n) is 5.73. The van der Waals surface area contributed by atoms with Gasteiger partial charge in [-0.15, -0.1) is 0 Å². The molecule has 1 atom stereocenters. The molecule has 47 heavy (non-hydrogen) atoms. The molecular weight excluding hydrogens is 603 g/mol. The number of para-hydroxylation sites is 1. The summed E-state index contributed by atoms with van der Waals surface area (Å²) in [5.74, 6) is 0.0354. The minimum absolute atomic E-state index is 0.0528. The summed E-state index contributed by atoms with van der Waals surface area (Å²) in [5.41, 5.74) is 5.58. The lowest BCUT2D eigenvalue weighted by atomic mass is 10.1. The first-order valence-electron chi connectivity index (χ1n) is 15.4. The van der Waals surface area contributed by atoms with Crippen LogP contribution in [0.1, 0.15) is 46.5 Å². The van der Waals surface area contributed by atoms with Crippen molar-refractivity contribution in [1.29, 1.82) is 5.26 Å². The van der Waals surface area contributed by atoms with E-state index in [0.29, 0.717) is 48.3 Å². The maximum Gasteiger partial charge on any atom is 0.408 e. The Morgan fingerprint density at radius 3 is 2.62 bits per heavy atom. The van der Waals surface area contributed by atoms with Crippen molar-refractivity contribution < 1.29 is 23.5 Å². The minimum atomic E-state index is -0.800. The second-order valence-corrected chi connectivity index (χ2v) is 12.8. The number of nitrogens with zero attached hydrogens (tertiary/aromatic N) is 6. The van der Waals surface area contributed by atoms with Crippen LogP contribution in [0, 0.1) is 17.1 Å².